The average Bonchev–Trinajstić information content (AvgIpc) is 2.36. The Morgan fingerprint density at radius 3 is 2.50 bits per heavy atom. The van der Waals surface area contributed by atoms with Gasteiger partial charge in [-0.1, -0.05) is 41.1 Å². The summed E-state index contributed by atoms with van der Waals surface area (Å²) in [5.41, 5.74) is 1.07. The van der Waals surface area contributed by atoms with Crippen LogP contribution in [0.3, 0.4) is 0 Å². The van der Waals surface area contributed by atoms with E-state index in [4.69, 9.17) is 10.2 Å². The fraction of sp³-hybridized carbons (Fsp3) is 0.462. The predicted molar refractivity (Wildman–Crippen MR) is 73.3 cm³/mol. The quantitative estimate of drug-likeness (QED) is 0.743. The normalized spacial score (nSPS) is 12.5. The van der Waals surface area contributed by atoms with Gasteiger partial charge in [-0.2, -0.15) is 0 Å². The first-order valence-electron chi connectivity index (χ1n) is 5.84. The molecule has 0 aliphatic rings. The number of halogens is 1. The molecule has 1 aromatic rings. The van der Waals surface area contributed by atoms with Crippen molar-refractivity contribution in [2.24, 2.45) is 0 Å². The van der Waals surface area contributed by atoms with Crippen molar-refractivity contribution in [3.63, 3.8) is 0 Å². The highest BCUT2D eigenvalue weighted by atomic mass is 79.9. The van der Waals surface area contributed by atoms with E-state index >= 15 is 0 Å². The van der Waals surface area contributed by atoms with Crippen molar-refractivity contribution in [2.75, 3.05) is 13.2 Å². The van der Waals surface area contributed by atoms with Gasteiger partial charge in [0.25, 0.3) is 0 Å². The minimum absolute atomic E-state index is 0.0682. The summed E-state index contributed by atoms with van der Waals surface area (Å²) < 4.78 is 0.978. The Morgan fingerprint density at radius 1 is 1.33 bits per heavy atom. The van der Waals surface area contributed by atoms with Crippen LogP contribution in [0.4, 0.5) is 0 Å². The van der Waals surface area contributed by atoms with Gasteiger partial charge in [-0.25, -0.2) is 0 Å². The Labute approximate surface area is 115 Å². The van der Waals surface area contributed by atoms with E-state index in [9.17, 15) is 4.79 Å². The van der Waals surface area contributed by atoms with Gasteiger partial charge in [-0.3, -0.25) is 4.79 Å². The molecule has 3 N–H and O–H groups in total. The van der Waals surface area contributed by atoms with Crippen LogP contribution in [0.2, 0.25) is 0 Å². The van der Waals surface area contributed by atoms with Crippen molar-refractivity contribution >= 4 is 21.8 Å². The second-order valence-corrected chi connectivity index (χ2v) is 5.11. The largest absolute Gasteiger partial charge is 0.394 e. The lowest BCUT2D eigenvalue weighted by Gasteiger charge is -2.17. The van der Waals surface area contributed by atoms with Crippen LogP contribution in [0.25, 0.3) is 0 Å². The second kappa shape index (κ2) is 7.51. The smallest absolute Gasteiger partial charge is 0.220 e. The Hall–Kier alpha value is -0.910. The van der Waals surface area contributed by atoms with Gasteiger partial charge in [0.15, 0.2) is 0 Å². The third kappa shape index (κ3) is 4.40. The van der Waals surface area contributed by atoms with Gasteiger partial charge in [0, 0.05) is 10.9 Å². The molecule has 0 aliphatic carbocycles. The number of amides is 1. The van der Waals surface area contributed by atoms with Crippen LogP contribution in [-0.4, -0.2) is 35.4 Å². The molecular formula is C13H18BrNO3. The lowest BCUT2D eigenvalue weighted by Crippen LogP contribution is -2.40. The first-order valence-corrected chi connectivity index (χ1v) is 6.63. The number of benzene rings is 1. The number of aliphatic hydroxyl groups is 2. The average molecular weight is 316 g/mol. The molecule has 0 aliphatic heterocycles. The molecule has 0 fully saturated rings. The van der Waals surface area contributed by atoms with Gasteiger partial charge in [0.1, 0.15) is 0 Å². The molecule has 0 saturated heterocycles. The van der Waals surface area contributed by atoms with Crippen molar-refractivity contribution in [2.45, 2.75) is 25.3 Å². The molecule has 1 atom stereocenters. The topological polar surface area (TPSA) is 69.6 Å². The van der Waals surface area contributed by atoms with Crippen LogP contribution < -0.4 is 5.32 Å². The highest BCUT2D eigenvalue weighted by Gasteiger charge is 2.16. The Bertz CT molecular complexity index is 394. The SMILES string of the molecule is C[C@H](CC(=O)NC(CO)CO)c1ccccc1Br. The van der Waals surface area contributed by atoms with Crippen molar-refractivity contribution < 1.29 is 15.0 Å². The maximum atomic E-state index is 11.7. The molecule has 4 nitrogen and oxygen atoms in total. The molecule has 1 rings (SSSR count). The molecular weight excluding hydrogens is 298 g/mol. The van der Waals surface area contributed by atoms with E-state index < -0.39 is 6.04 Å². The third-order valence-electron chi connectivity index (χ3n) is 2.73. The lowest BCUT2D eigenvalue weighted by molar-refractivity contribution is -0.122. The van der Waals surface area contributed by atoms with E-state index in [2.05, 4.69) is 21.2 Å². The van der Waals surface area contributed by atoms with E-state index in [1.54, 1.807) is 0 Å². The van der Waals surface area contributed by atoms with Crippen molar-refractivity contribution in [3.8, 4) is 0 Å². The van der Waals surface area contributed by atoms with Crippen LogP contribution in [0, 0.1) is 0 Å². The number of hydrogen-bond acceptors (Lipinski definition) is 3. The molecule has 0 saturated carbocycles. The van der Waals surface area contributed by atoms with E-state index in [1.807, 2.05) is 31.2 Å². The van der Waals surface area contributed by atoms with Gasteiger partial charge in [-0.05, 0) is 17.5 Å². The zero-order valence-electron chi connectivity index (χ0n) is 10.3. The van der Waals surface area contributed by atoms with Gasteiger partial charge >= 0.3 is 0 Å². The number of carbonyl (C=O) groups excluding carboxylic acids is 1. The number of rotatable bonds is 6. The van der Waals surface area contributed by atoms with Gasteiger partial charge in [0.2, 0.25) is 5.91 Å². The minimum Gasteiger partial charge on any atom is -0.394 e. The summed E-state index contributed by atoms with van der Waals surface area (Å²) in [4.78, 5) is 11.7. The van der Waals surface area contributed by atoms with Crippen LogP contribution in [0.5, 0.6) is 0 Å². The van der Waals surface area contributed by atoms with Crippen LogP contribution in [-0.2, 0) is 4.79 Å². The molecule has 0 bridgehead atoms. The Balaban J connectivity index is 2.57. The second-order valence-electron chi connectivity index (χ2n) is 4.26. The first-order chi connectivity index (χ1) is 8.58. The van der Waals surface area contributed by atoms with Gasteiger partial charge in [-0.15, -0.1) is 0 Å². The summed E-state index contributed by atoms with van der Waals surface area (Å²) in [7, 11) is 0. The monoisotopic (exact) mass is 315 g/mol. The molecule has 18 heavy (non-hydrogen) atoms. The van der Waals surface area contributed by atoms with Crippen LogP contribution >= 0.6 is 15.9 Å². The number of carbonyl (C=O) groups is 1. The van der Waals surface area contributed by atoms with Crippen molar-refractivity contribution in [1.82, 2.24) is 5.32 Å². The fourth-order valence-electron chi connectivity index (χ4n) is 1.70. The molecule has 5 heteroatoms. The molecule has 0 unspecified atom stereocenters. The van der Waals surface area contributed by atoms with Crippen molar-refractivity contribution in [3.05, 3.63) is 34.3 Å². The van der Waals surface area contributed by atoms with E-state index in [-0.39, 0.29) is 25.0 Å². The molecule has 0 aromatic heterocycles. The summed E-state index contributed by atoms with van der Waals surface area (Å²) in [5, 5.41) is 20.4. The lowest BCUT2D eigenvalue weighted by atomic mass is 9.97. The molecule has 0 radical (unpaired) electrons. The summed E-state index contributed by atoms with van der Waals surface area (Å²) >= 11 is 3.45. The van der Waals surface area contributed by atoms with Gasteiger partial charge < -0.3 is 15.5 Å². The number of nitrogens with one attached hydrogen (secondary N) is 1. The van der Waals surface area contributed by atoms with E-state index in [0.29, 0.717) is 6.42 Å². The Morgan fingerprint density at radius 2 is 1.94 bits per heavy atom. The fourth-order valence-corrected chi connectivity index (χ4v) is 2.37. The van der Waals surface area contributed by atoms with E-state index in [0.717, 1.165) is 10.0 Å². The number of hydrogen-bond donors (Lipinski definition) is 3. The van der Waals surface area contributed by atoms with Gasteiger partial charge in [0.05, 0.1) is 19.3 Å². The molecule has 1 amide bonds. The minimum atomic E-state index is -0.580. The molecule has 100 valence electrons. The van der Waals surface area contributed by atoms with Crippen LogP contribution in [0.1, 0.15) is 24.8 Å². The first kappa shape index (κ1) is 15.1. The molecule has 0 heterocycles. The zero-order valence-corrected chi connectivity index (χ0v) is 11.9. The summed E-state index contributed by atoms with van der Waals surface area (Å²) in [6.45, 7) is 1.45. The standard InChI is InChI=1S/C13H18BrNO3/c1-9(11-4-2-3-5-12(11)14)6-13(18)15-10(7-16)8-17/h2-5,9-10,16-17H,6-8H2,1H3,(H,15,18)/t9-/m1/s1. The van der Waals surface area contributed by atoms with Crippen molar-refractivity contribution in [1.29, 1.82) is 0 Å². The summed E-state index contributed by atoms with van der Waals surface area (Å²) in [6, 6.07) is 7.18. The summed E-state index contributed by atoms with van der Waals surface area (Å²) in [6.07, 6.45) is 0.319. The maximum Gasteiger partial charge on any atom is 0.220 e. The molecule has 0 spiro atoms. The highest BCUT2D eigenvalue weighted by Crippen LogP contribution is 2.26. The Kier molecular flexibility index (Phi) is 6.32. The number of aliphatic hydroxyl groups excluding tert-OH is 2. The predicted octanol–water partition coefficient (Wildman–Crippen LogP) is 1.41. The molecule has 1 aromatic carbocycles. The maximum absolute atomic E-state index is 11.7. The van der Waals surface area contributed by atoms with Crippen LogP contribution in [0.15, 0.2) is 28.7 Å². The highest BCUT2D eigenvalue weighted by molar-refractivity contribution is 9.10. The van der Waals surface area contributed by atoms with E-state index in [1.165, 1.54) is 0 Å². The third-order valence-corrected chi connectivity index (χ3v) is 3.46. The summed E-state index contributed by atoms with van der Waals surface area (Å²) in [5.74, 6) is -0.107. The zero-order chi connectivity index (χ0) is 13.5.